The van der Waals surface area contributed by atoms with Gasteiger partial charge in [0.25, 0.3) is 0 Å². The van der Waals surface area contributed by atoms with Gasteiger partial charge in [-0.2, -0.15) is 0 Å². The van der Waals surface area contributed by atoms with Crippen LogP contribution in [0.1, 0.15) is 40.0 Å². The number of ether oxygens (including phenoxy) is 1. The number of piperidine rings is 1. The second-order valence-corrected chi connectivity index (χ2v) is 6.15. The molecule has 2 aliphatic rings. The van der Waals surface area contributed by atoms with E-state index in [0.29, 0.717) is 0 Å². The summed E-state index contributed by atoms with van der Waals surface area (Å²) in [7, 11) is 0. The third-order valence-electron chi connectivity index (χ3n) is 3.50. The van der Waals surface area contributed by atoms with E-state index < -0.39 is 28.9 Å². The molecule has 4 amide bonds. The van der Waals surface area contributed by atoms with Gasteiger partial charge < -0.3 is 4.74 Å². The lowest BCUT2D eigenvalue weighted by molar-refractivity contribution is -0.149. The van der Waals surface area contributed by atoms with E-state index in [1.165, 1.54) is 0 Å². The molecule has 1 atom stereocenters. The molecule has 110 valence electrons. The van der Waals surface area contributed by atoms with Crippen molar-refractivity contribution in [2.24, 2.45) is 5.41 Å². The van der Waals surface area contributed by atoms with Crippen LogP contribution in [-0.2, 0) is 19.1 Å². The van der Waals surface area contributed by atoms with Gasteiger partial charge in [0, 0.05) is 13.0 Å². The molecule has 2 saturated heterocycles. The zero-order valence-corrected chi connectivity index (χ0v) is 11.8. The molecule has 2 rings (SSSR count). The Balaban J connectivity index is 2.15. The van der Waals surface area contributed by atoms with Gasteiger partial charge in [0.15, 0.2) is 0 Å². The molecule has 0 aromatic heterocycles. The summed E-state index contributed by atoms with van der Waals surface area (Å²) in [6.07, 6.45) is -0.260. The summed E-state index contributed by atoms with van der Waals surface area (Å²) in [5.74, 6) is -1.56. The van der Waals surface area contributed by atoms with E-state index in [-0.39, 0.29) is 31.7 Å². The number of carbonyl (C=O) groups is 4. The molecule has 0 aromatic rings. The molecule has 2 heterocycles. The Morgan fingerprint density at radius 1 is 1.25 bits per heavy atom. The topological polar surface area (TPSA) is 92.8 Å². The van der Waals surface area contributed by atoms with Crippen molar-refractivity contribution in [2.75, 3.05) is 6.54 Å². The molecular formula is C13H18N2O5. The Hall–Kier alpha value is -1.92. The molecule has 0 aromatic carbocycles. The minimum absolute atomic E-state index is 0.111. The molecule has 0 bridgehead atoms. The molecular weight excluding hydrogens is 264 g/mol. The van der Waals surface area contributed by atoms with E-state index in [4.69, 9.17) is 4.74 Å². The van der Waals surface area contributed by atoms with Crippen LogP contribution in [0, 0.1) is 5.41 Å². The number of likely N-dealkylation sites (tertiary alicyclic amines) is 1. The van der Waals surface area contributed by atoms with Crippen molar-refractivity contribution in [3.63, 3.8) is 0 Å². The molecule has 0 saturated carbocycles. The summed E-state index contributed by atoms with van der Waals surface area (Å²) in [5, 5.41) is 2.17. The molecule has 2 fully saturated rings. The lowest BCUT2D eigenvalue weighted by Gasteiger charge is -2.29. The SMILES string of the molecule is CC(C)(C)OC(=O)N1CCC2(CCC(=O)NC2=O)C1=O. The maximum absolute atomic E-state index is 12.4. The Bertz CT molecular complexity index is 493. The average molecular weight is 282 g/mol. The highest BCUT2D eigenvalue weighted by Crippen LogP contribution is 2.39. The summed E-state index contributed by atoms with van der Waals surface area (Å²) in [4.78, 5) is 48.4. The van der Waals surface area contributed by atoms with Crippen LogP contribution in [0.25, 0.3) is 0 Å². The van der Waals surface area contributed by atoms with Crippen molar-refractivity contribution in [1.82, 2.24) is 10.2 Å². The van der Waals surface area contributed by atoms with E-state index in [1.54, 1.807) is 20.8 Å². The number of hydrogen-bond donors (Lipinski definition) is 1. The summed E-state index contributed by atoms with van der Waals surface area (Å²) >= 11 is 0. The second kappa shape index (κ2) is 4.57. The molecule has 1 spiro atoms. The van der Waals surface area contributed by atoms with Crippen LogP contribution in [0.15, 0.2) is 0 Å². The first kappa shape index (κ1) is 14.5. The quantitative estimate of drug-likeness (QED) is 0.518. The Kier molecular flexibility index (Phi) is 3.31. The van der Waals surface area contributed by atoms with Crippen molar-refractivity contribution in [3.8, 4) is 0 Å². The lowest BCUT2D eigenvalue weighted by atomic mass is 9.78. The highest BCUT2D eigenvalue weighted by atomic mass is 16.6. The van der Waals surface area contributed by atoms with Gasteiger partial charge in [-0.3, -0.25) is 19.7 Å². The van der Waals surface area contributed by atoms with Crippen LogP contribution in [0.3, 0.4) is 0 Å². The predicted molar refractivity (Wildman–Crippen MR) is 67.4 cm³/mol. The highest BCUT2D eigenvalue weighted by molar-refractivity contribution is 6.15. The van der Waals surface area contributed by atoms with Crippen molar-refractivity contribution >= 4 is 23.8 Å². The number of nitrogens with one attached hydrogen (secondary N) is 1. The molecule has 0 aliphatic carbocycles. The van der Waals surface area contributed by atoms with Gasteiger partial charge in [0.05, 0.1) is 0 Å². The standard InChI is InChI=1S/C13H18N2O5/c1-12(2,3)20-11(19)15-7-6-13(10(15)18)5-4-8(16)14-9(13)17/h4-7H2,1-3H3,(H,14,16,17). The first-order chi connectivity index (χ1) is 9.16. The van der Waals surface area contributed by atoms with Gasteiger partial charge in [0.2, 0.25) is 17.7 Å². The van der Waals surface area contributed by atoms with Gasteiger partial charge in [-0.05, 0) is 33.6 Å². The van der Waals surface area contributed by atoms with Crippen LogP contribution in [0.2, 0.25) is 0 Å². The van der Waals surface area contributed by atoms with E-state index >= 15 is 0 Å². The normalized spacial score (nSPS) is 26.9. The third-order valence-corrected chi connectivity index (χ3v) is 3.50. The molecule has 20 heavy (non-hydrogen) atoms. The molecule has 1 unspecified atom stereocenters. The van der Waals surface area contributed by atoms with Crippen LogP contribution in [-0.4, -0.2) is 40.9 Å². The van der Waals surface area contributed by atoms with Crippen molar-refractivity contribution in [2.45, 2.75) is 45.6 Å². The Labute approximate surface area is 116 Å². The minimum atomic E-state index is -1.29. The molecule has 7 nitrogen and oxygen atoms in total. The summed E-state index contributed by atoms with van der Waals surface area (Å²) < 4.78 is 5.15. The van der Waals surface area contributed by atoms with Gasteiger partial charge in [-0.25, -0.2) is 9.69 Å². The first-order valence-electron chi connectivity index (χ1n) is 6.55. The molecule has 1 N–H and O–H groups in total. The third kappa shape index (κ3) is 2.39. The van der Waals surface area contributed by atoms with Crippen molar-refractivity contribution in [3.05, 3.63) is 0 Å². The molecule has 2 aliphatic heterocycles. The highest BCUT2D eigenvalue weighted by Gasteiger charge is 2.56. The maximum atomic E-state index is 12.4. The minimum Gasteiger partial charge on any atom is -0.443 e. The largest absolute Gasteiger partial charge is 0.443 e. The smallest absolute Gasteiger partial charge is 0.417 e. The molecule has 0 radical (unpaired) electrons. The van der Waals surface area contributed by atoms with Crippen LogP contribution in [0.5, 0.6) is 0 Å². The number of hydrogen-bond acceptors (Lipinski definition) is 5. The average Bonchev–Trinajstić information content (AvgIpc) is 2.61. The van der Waals surface area contributed by atoms with Crippen molar-refractivity contribution in [1.29, 1.82) is 0 Å². The van der Waals surface area contributed by atoms with E-state index in [1.807, 2.05) is 0 Å². The van der Waals surface area contributed by atoms with E-state index in [9.17, 15) is 19.2 Å². The summed E-state index contributed by atoms with van der Waals surface area (Å²) in [6, 6.07) is 0. The fraction of sp³-hybridized carbons (Fsp3) is 0.692. The van der Waals surface area contributed by atoms with Crippen LogP contribution in [0.4, 0.5) is 4.79 Å². The zero-order chi connectivity index (χ0) is 15.1. The van der Waals surface area contributed by atoms with E-state index in [0.717, 1.165) is 4.90 Å². The van der Waals surface area contributed by atoms with Gasteiger partial charge >= 0.3 is 6.09 Å². The number of rotatable bonds is 0. The van der Waals surface area contributed by atoms with Crippen LogP contribution < -0.4 is 5.32 Å². The van der Waals surface area contributed by atoms with Gasteiger partial charge in [-0.1, -0.05) is 0 Å². The molecule has 7 heteroatoms. The fourth-order valence-electron chi connectivity index (χ4n) is 2.45. The predicted octanol–water partition coefficient (Wildman–Crippen LogP) is 0.577. The fourth-order valence-corrected chi connectivity index (χ4v) is 2.45. The first-order valence-corrected chi connectivity index (χ1v) is 6.55. The Morgan fingerprint density at radius 2 is 1.90 bits per heavy atom. The van der Waals surface area contributed by atoms with Gasteiger partial charge in [-0.15, -0.1) is 0 Å². The zero-order valence-electron chi connectivity index (χ0n) is 11.8. The summed E-state index contributed by atoms with van der Waals surface area (Å²) in [6.45, 7) is 5.24. The van der Waals surface area contributed by atoms with E-state index in [2.05, 4.69) is 5.32 Å². The summed E-state index contributed by atoms with van der Waals surface area (Å²) in [5.41, 5.74) is -2.00. The van der Waals surface area contributed by atoms with Crippen LogP contribution >= 0.6 is 0 Å². The lowest BCUT2D eigenvalue weighted by Crippen LogP contribution is -2.53. The maximum Gasteiger partial charge on any atom is 0.417 e. The monoisotopic (exact) mass is 282 g/mol. The van der Waals surface area contributed by atoms with Gasteiger partial charge in [0.1, 0.15) is 11.0 Å². The second-order valence-electron chi connectivity index (χ2n) is 6.15. The number of imide groups is 2. The number of nitrogens with zero attached hydrogens (tertiary/aromatic N) is 1. The van der Waals surface area contributed by atoms with Crippen molar-refractivity contribution < 1.29 is 23.9 Å². The number of carbonyl (C=O) groups excluding carboxylic acids is 4. The Morgan fingerprint density at radius 3 is 2.45 bits per heavy atom. The number of amides is 4.